The molecule has 3 aliphatic heterocycles. The van der Waals surface area contributed by atoms with E-state index in [0.29, 0.717) is 22.8 Å². The lowest BCUT2D eigenvalue weighted by atomic mass is 9.75. The fourth-order valence-corrected chi connectivity index (χ4v) is 4.08. The Hall–Kier alpha value is -3.23. The highest BCUT2D eigenvalue weighted by molar-refractivity contribution is 6.09. The summed E-state index contributed by atoms with van der Waals surface area (Å²) in [4.78, 5) is 13.6. The van der Waals surface area contributed by atoms with Gasteiger partial charge in [0, 0.05) is 30.2 Å². The van der Waals surface area contributed by atoms with Gasteiger partial charge in [0.2, 0.25) is 18.2 Å². The number of benzene rings is 2. The van der Waals surface area contributed by atoms with Gasteiger partial charge in [-0.25, -0.2) is 0 Å². The van der Waals surface area contributed by atoms with Gasteiger partial charge >= 0.3 is 0 Å². The van der Waals surface area contributed by atoms with Gasteiger partial charge in [-0.2, -0.15) is 0 Å². The first-order valence-corrected chi connectivity index (χ1v) is 8.65. The molecule has 142 valence electrons. The van der Waals surface area contributed by atoms with E-state index in [4.69, 9.17) is 28.1 Å². The van der Waals surface area contributed by atoms with Crippen molar-refractivity contribution in [3.63, 3.8) is 0 Å². The predicted molar refractivity (Wildman–Crippen MR) is 92.9 cm³/mol. The molecule has 0 fully saturated rings. The molecule has 3 aromatic rings. The molecule has 1 aromatic heterocycles. The van der Waals surface area contributed by atoms with Crippen LogP contribution in [0.15, 0.2) is 41.0 Å². The summed E-state index contributed by atoms with van der Waals surface area (Å²) in [5.74, 6) is -0.862. The molecule has 0 radical (unpaired) electrons. The molecular weight excluding hydrogens is 368 g/mol. The molecule has 1 N–H and O–H groups in total. The summed E-state index contributed by atoms with van der Waals surface area (Å²) in [5.41, 5.74) is -1.15. The van der Waals surface area contributed by atoms with Crippen molar-refractivity contribution in [3.8, 4) is 23.0 Å². The minimum Gasteiger partial charge on any atom is -0.486 e. The van der Waals surface area contributed by atoms with E-state index in [1.807, 2.05) is 0 Å². The Labute approximate surface area is 158 Å². The summed E-state index contributed by atoms with van der Waals surface area (Å²) in [6, 6.07) is 8.11. The minimum atomic E-state index is -2.14. The maximum absolute atomic E-state index is 13.6. The number of furan rings is 1. The maximum Gasteiger partial charge on any atom is 0.285 e. The Bertz CT molecular complexity index is 1160. The average Bonchev–Trinajstić information content (AvgIpc) is 3.35. The fourth-order valence-electron chi connectivity index (χ4n) is 4.08. The van der Waals surface area contributed by atoms with Crippen LogP contribution in [-0.2, 0) is 10.3 Å². The quantitative estimate of drug-likeness (QED) is 0.685. The monoisotopic (exact) mass is 382 g/mol. The van der Waals surface area contributed by atoms with Crippen molar-refractivity contribution in [1.82, 2.24) is 0 Å². The van der Waals surface area contributed by atoms with Crippen LogP contribution in [-0.4, -0.2) is 37.2 Å². The Kier molecular flexibility index (Phi) is 2.81. The Morgan fingerprint density at radius 3 is 2.68 bits per heavy atom. The van der Waals surface area contributed by atoms with E-state index in [1.54, 1.807) is 24.3 Å². The molecular formula is C20H14O8. The number of carbonyl (C=O) groups excluding carboxylic acids is 1. The summed E-state index contributed by atoms with van der Waals surface area (Å²) in [6.45, 7) is -0.147. The van der Waals surface area contributed by atoms with Gasteiger partial charge in [-0.15, -0.1) is 0 Å². The van der Waals surface area contributed by atoms with E-state index >= 15 is 0 Å². The number of aliphatic hydroxyl groups is 1. The van der Waals surface area contributed by atoms with Crippen molar-refractivity contribution < 1.29 is 38.0 Å². The lowest BCUT2D eigenvalue weighted by Gasteiger charge is -2.50. The molecule has 0 saturated carbocycles. The van der Waals surface area contributed by atoms with Crippen molar-refractivity contribution in [2.45, 2.75) is 11.4 Å². The van der Waals surface area contributed by atoms with Gasteiger partial charge in [0.15, 0.2) is 18.1 Å². The van der Waals surface area contributed by atoms with Gasteiger partial charge in [0.05, 0.1) is 11.8 Å². The number of ketones is 1. The molecule has 0 unspecified atom stereocenters. The Balaban J connectivity index is 1.63. The molecule has 3 aliphatic rings. The summed E-state index contributed by atoms with van der Waals surface area (Å²) in [5, 5.41) is 12.5. The molecule has 0 bridgehead atoms. The maximum atomic E-state index is 13.6. The second kappa shape index (κ2) is 4.98. The van der Waals surface area contributed by atoms with Crippen LogP contribution in [0.25, 0.3) is 11.0 Å². The van der Waals surface area contributed by atoms with E-state index in [2.05, 4.69) is 0 Å². The number of Topliss-reactive ketones (excluding diaryl/α,β-unsaturated/α-hetero) is 1. The van der Waals surface area contributed by atoms with Crippen molar-refractivity contribution >= 4 is 16.8 Å². The number of rotatable bonds is 1. The smallest absolute Gasteiger partial charge is 0.285 e. The molecule has 0 saturated heterocycles. The average molecular weight is 382 g/mol. The van der Waals surface area contributed by atoms with Crippen LogP contribution < -0.4 is 18.9 Å². The van der Waals surface area contributed by atoms with Gasteiger partial charge in [-0.1, -0.05) is 0 Å². The molecule has 2 aromatic carbocycles. The van der Waals surface area contributed by atoms with Crippen molar-refractivity contribution in [2.24, 2.45) is 0 Å². The molecule has 0 spiro atoms. The first kappa shape index (κ1) is 15.8. The summed E-state index contributed by atoms with van der Waals surface area (Å²) in [7, 11) is 1.36. The second-order valence-electron chi connectivity index (χ2n) is 6.90. The largest absolute Gasteiger partial charge is 0.486 e. The van der Waals surface area contributed by atoms with E-state index in [-0.39, 0.29) is 30.3 Å². The van der Waals surface area contributed by atoms with Crippen molar-refractivity contribution in [3.05, 3.63) is 47.7 Å². The SMILES string of the molecule is CO[C@@]12COc3cc4c(cc3[C@]1(O)C(=O)c1cc3ccoc3cc1O2)OCO4. The number of carbonyl (C=O) groups is 1. The minimum absolute atomic E-state index is 0.0534. The van der Waals surface area contributed by atoms with Gasteiger partial charge in [0.25, 0.3) is 5.79 Å². The highest BCUT2D eigenvalue weighted by Crippen LogP contribution is 2.54. The summed E-state index contributed by atoms with van der Waals surface area (Å²) in [6.07, 6.45) is 1.52. The first-order valence-electron chi connectivity index (χ1n) is 8.65. The lowest BCUT2D eigenvalue weighted by molar-refractivity contribution is -0.281. The van der Waals surface area contributed by atoms with Crippen LogP contribution in [0.1, 0.15) is 15.9 Å². The van der Waals surface area contributed by atoms with Gasteiger partial charge in [0.1, 0.15) is 17.1 Å². The van der Waals surface area contributed by atoms with Gasteiger partial charge in [-0.05, 0) is 18.2 Å². The number of hydrogen-bond donors (Lipinski definition) is 1. The zero-order valence-electron chi connectivity index (χ0n) is 14.7. The normalized spacial score (nSPS) is 26.9. The molecule has 28 heavy (non-hydrogen) atoms. The third kappa shape index (κ3) is 1.70. The van der Waals surface area contributed by atoms with E-state index in [1.165, 1.54) is 19.4 Å². The van der Waals surface area contributed by atoms with E-state index in [0.717, 1.165) is 5.39 Å². The van der Waals surface area contributed by atoms with Crippen LogP contribution in [0.5, 0.6) is 23.0 Å². The zero-order valence-corrected chi connectivity index (χ0v) is 14.7. The molecule has 8 nitrogen and oxygen atoms in total. The molecule has 0 aliphatic carbocycles. The van der Waals surface area contributed by atoms with Gasteiger partial charge in [-0.3, -0.25) is 4.79 Å². The van der Waals surface area contributed by atoms with Crippen molar-refractivity contribution in [2.75, 3.05) is 20.5 Å². The van der Waals surface area contributed by atoms with Crippen molar-refractivity contribution in [1.29, 1.82) is 0 Å². The van der Waals surface area contributed by atoms with Crippen LogP contribution in [0.3, 0.4) is 0 Å². The number of methoxy groups -OCH3 is 1. The second-order valence-corrected chi connectivity index (χ2v) is 6.90. The number of hydrogen-bond acceptors (Lipinski definition) is 8. The van der Waals surface area contributed by atoms with E-state index in [9.17, 15) is 9.90 Å². The van der Waals surface area contributed by atoms with E-state index < -0.39 is 17.2 Å². The Morgan fingerprint density at radius 1 is 1.04 bits per heavy atom. The summed E-state index contributed by atoms with van der Waals surface area (Å²) < 4.78 is 33.6. The summed E-state index contributed by atoms with van der Waals surface area (Å²) >= 11 is 0. The highest BCUT2D eigenvalue weighted by atomic mass is 16.7. The standard InChI is InChI=1S/C20H14O8/c1-23-19-8-25-15-7-17-16(26-9-27-17)5-12(15)20(19,22)18(21)11-4-10-2-3-24-13(10)6-14(11)28-19/h2-7,22H,8-9H2,1H3/t19-,20+/m1/s1. The molecule has 2 atom stereocenters. The third-order valence-electron chi connectivity index (χ3n) is 5.57. The fraction of sp³-hybridized carbons (Fsp3) is 0.250. The molecule has 8 heteroatoms. The topological polar surface area (TPSA) is 96.6 Å². The van der Waals surface area contributed by atoms with Crippen LogP contribution in [0.2, 0.25) is 0 Å². The Morgan fingerprint density at radius 2 is 1.86 bits per heavy atom. The number of fused-ring (bicyclic) bond motifs is 6. The van der Waals surface area contributed by atoms with Gasteiger partial charge < -0.3 is 33.2 Å². The van der Waals surface area contributed by atoms with Crippen LogP contribution in [0, 0.1) is 0 Å². The van der Waals surface area contributed by atoms with Crippen LogP contribution in [0.4, 0.5) is 0 Å². The molecule has 6 rings (SSSR count). The van der Waals surface area contributed by atoms with Crippen LogP contribution >= 0.6 is 0 Å². The predicted octanol–water partition coefficient (Wildman–Crippen LogP) is 2.36. The number of ether oxygens (including phenoxy) is 5. The first-order chi connectivity index (χ1) is 13.6. The lowest BCUT2D eigenvalue weighted by Crippen LogP contribution is -2.68. The molecule has 4 heterocycles. The third-order valence-corrected chi connectivity index (χ3v) is 5.57. The molecule has 0 amide bonds. The highest BCUT2D eigenvalue weighted by Gasteiger charge is 2.67. The zero-order chi connectivity index (χ0) is 19.1.